The van der Waals surface area contributed by atoms with Crippen LogP contribution in [0, 0.1) is 17.0 Å². The van der Waals surface area contributed by atoms with Crippen molar-refractivity contribution in [1.29, 1.82) is 0 Å². The number of pyridine rings is 1. The third-order valence-electron chi connectivity index (χ3n) is 2.53. The van der Waals surface area contributed by atoms with Gasteiger partial charge in [0.15, 0.2) is 0 Å². The summed E-state index contributed by atoms with van der Waals surface area (Å²) in [6.45, 7) is 4.18. The molecule has 1 heterocycles. The van der Waals surface area contributed by atoms with Crippen molar-refractivity contribution in [2.24, 2.45) is 0 Å². The number of aliphatic hydroxyl groups excluding tert-OH is 1. The average molecular weight is 239 g/mol. The summed E-state index contributed by atoms with van der Waals surface area (Å²) >= 11 is 0. The standard InChI is InChI=1S/C11H17N3O3/c1-3-9(15)4-5-12-11-6-8(2)10(7-13-11)14(16)17/h6-7,9,15H,3-5H2,1-2H3,(H,12,13). The van der Waals surface area contributed by atoms with Gasteiger partial charge in [-0.3, -0.25) is 10.1 Å². The molecule has 0 aliphatic heterocycles. The quantitative estimate of drug-likeness (QED) is 0.584. The Labute approximate surface area is 99.8 Å². The monoisotopic (exact) mass is 239 g/mol. The van der Waals surface area contributed by atoms with Crippen molar-refractivity contribution in [2.45, 2.75) is 32.8 Å². The van der Waals surface area contributed by atoms with Gasteiger partial charge in [0.05, 0.1) is 11.0 Å². The van der Waals surface area contributed by atoms with E-state index < -0.39 is 4.92 Å². The Morgan fingerprint density at radius 2 is 2.35 bits per heavy atom. The van der Waals surface area contributed by atoms with Gasteiger partial charge in [0.25, 0.3) is 5.69 Å². The van der Waals surface area contributed by atoms with Gasteiger partial charge in [-0.05, 0) is 25.8 Å². The van der Waals surface area contributed by atoms with E-state index in [2.05, 4.69) is 10.3 Å². The summed E-state index contributed by atoms with van der Waals surface area (Å²) in [5.41, 5.74) is 0.590. The third kappa shape index (κ3) is 3.99. The maximum absolute atomic E-state index is 10.6. The Balaban J connectivity index is 2.56. The van der Waals surface area contributed by atoms with Gasteiger partial charge in [0.2, 0.25) is 0 Å². The van der Waals surface area contributed by atoms with Crippen LogP contribution in [-0.4, -0.2) is 27.7 Å². The van der Waals surface area contributed by atoms with Crippen molar-refractivity contribution in [3.63, 3.8) is 0 Å². The number of nitrogens with one attached hydrogen (secondary N) is 1. The molecule has 0 saturated heterocycles. The maximum Gasteiger partial charge on any atom is 0.290 e. The van der Waals surface area contributed by atoms with Gasteiger partial charge in [-0.25, -0.2) is 4.98 Å². The van der Waals surface area contributed by atoms with E-state index in [4.69, 9.17) is 0 Å². The largest absolute Gasteiger partial charge is 0.393 e. The summed E-state index contributed by atoms with van der Waals surface area (Å²) in [7, 11) is 0. The number of aliphatic hydroxyl groups is 1. The molecular formula is C11H17N3O3. The predicted octanol–water partition coefficient (Wildman–Crippen LogP) is 1.87. The molecule has 1 rings (SSSR count). The van der Waals surface area contributed by atoms with Gasteiger partial charge in [0.1, 0.15) is 12.0 Å². The Bertz CT molecular complexity index is 396. The number of hydrogen-bond acceptors (Lipinski definition) is 5. The molecule has 0 radical (unpaired) electrons. The molecule has 6 heteroatoms. The van der Waals surface area contributed by atoms with Gasteiger partial charge in [-0.2, -0.15) is 0 Å². The fourth-order valence-corrected chi connectivity index (χ4v) is 1.41. The second-order valence-corrected chi connectivity index (χ2v) is 3.89. The summed E-state index contributed by atoms with van der Waals surface area (Å²) in [5.74, 6) is 0.594. The number of hydrogen-bond donors (Lipinski definition) is 2. The molecule has 1 aromatic rings. The van der Waals surface area contributed by atoms with Crippen molar-refractivity contribution < 1.29 is 10.0 Å². The van der Waals surface area contributed by atoms with Crippen LogP contribution in [0.2, 0.25) is 0 Å². The van der Waals surface area contributed by atoms with Crippen LogP contribution in [0.4, 0.5) is 11.5 Å². The van der Waals surface area contributed by atoms with Crippen molar-refractivity contribution in [1.82, 2.24) is 4.98 Å². The minimum absolute atomic E-state index is 0.0177. The van der Waals surface area contributed by atoms with Crippen LogP contribution in [0.3, 0.4) is 0 Å². The van der Waals surface area contributed by atoms with E-state index in [-0.39, 0.29) is 11.8 Å². The summed E-state index contributed by atoms with van der Waals surface area (Å²) in [5, 5.41) is 23.0. The highest BCUT2D eigenvalue weighted by Gasteiger charge is 2.11. The van der Waals surface area contributed by atoms with Crippen LogP contribution in [0.15, 0.2) is 12.3 Å². The Morgan fingerprint density at radius 1 is 1.65 bits per heavy atom. The molecule has 0 spiro atoms. The molecule has 1 unspecified atom stereocenters. The van der Waals surface area contributed by atoms with Crippen molar-refractivity contribution in [3.8, 4) is 0 Å². The molecule has 1 aromatic heterocycles. The second kappa shape index (κ2) is 6.15. The van der Waals surface area contributed by atoms with Crippen molar-refractivity contribution >= 4 is 11.5 Å². The fourth-order valence-electron chi connectivity index (χ4n) is 1.41. The summed E-state index contributed by atoms with van der Waals surface area (Å²) in [4.78, 5) is 14.1. The predicted molar refractivity (Wildman–Crippen MR) is 65.0 cm³/mol. The van der Waals surface area contributed by atoms with E-state index in [9.17, 15) is 15.2 Å². The highest BCUT2D eigenvalue weighted by molar-refractivity contribution is 5.46. The lowest BCUT2D eigenvalue weighted by atomic mass is 10.2. The van der Waals surface area contributed by atoms with Crippen molar-refractivity contribution in [2.75, 3.05) is 11.9 Å². The Morgan fingerprint density at radius 3 is 2.88 bits per heavy atom. The zero-order chi connectivity index (χ0) is 12.8. The molecule has 0 aromatic carbocycles. The Hall–Kier alpha value is -1.69. The number of anilines is 1. The van der Waals surface area contributed by atoms with E-state index >= 15 is 0 Å². The average Bonchev–Trinajstić information content (AvgIpc) is 2.28. The van der Waals surface area contributed by atoms with Crippen LogP contribution < -0.4 is 5.32 Å². The first-order valence-corrected chi connectivity index (χ1v) is 5.57. The number of aryl methyl sites for hydroxylation is 1. The zero-order valence-electron chi connectivity index (χ0n) is 10.0. The van der Waals surface area contributed by atoms with Crippen LogP contribution >= 0.6 is 0 Å². The topological polar surface area (TPSA) is 88.3 Å². The minimum atomic E-state index is -0.451. The highest BCUT2D eigenvalue weighted by atomic mass is 16.6. The van der Waals surface area contributed by atoms with E-state index in [1.165, 1.54) is 6.20 Å². The smallest absolute Gasteiger partial charge is 0.290 e. The second-order valence-electron chi connectivity index (χ2n) is 3.89. The van der Waals surface area contributed by atoms with Gasteiger partial charge in [-0.15, -0.1) is 0 Å². The van der Waals surface area contributed by atoms with Gasteiger partial charge in [0, 0.05) is 12.1 Å². The zero-order valence-corrected chi connectivity index (χ0v) is 10.0. The molecule has 1 atom stereocenters. The minimum Gasteiger partial charge on any atom is -0.393 e. The molecule has 0 bridgehead atoms. The fraction of sp³-hybridized carbons (Fsp3) is 0.545. The van der Waals surface area contributed by atoms with E-state index in [1.54, 1.807) is 13.0 Å². The first-order valence-electron chi connectivity index (χ1n) is 5.57. The lowest BCUT2D eigenvalue weighted by Crippen LogP contribution is -2.13. The lowest BCUT2D eigenvalue weighted by Gasteiger charge is -2.09. The molecule has 0 fully saturated rings. The molecule has 94 valence electrons. The maximum atomic E-state index is 10.6. The molecule has 17 heavy (non-hydrogen) atoms. The molecule has 0 aliphatic rings. The van der Waals surface area contributed by atoms with Crippen LogP contribution in [-0.2, 0) is 0 Å². The van der Waals surface area contributed by atoms with Crippen molar-refractivity contribution in [3.05, 3.63) is 27.9 Å². The summed E-state index contributed by atoms with van der Waals surface area (Å²) in [6.07, 6.45) is 2.28. The lowest BCUT2D eigenvalue weighted by molar-refractivity contribution is -0.385. The summed E-state index contributed by atoms with van der Waals surface area (Å²) in [6, 6.07) is 1.64. The van der Waals surface area contributed by atoms with Gasteiger partial charge in [-0.1, -0.05) is 6.92 Å². The molecule has 6 nitrogen and oxygen atoms in total. The van der Waals surface area contributed by atoms with E-state index in [0.29, 0.717) is 30.8 Å². The van der Waals surface area contributed by atoms with E-state index in [1.807, 2.05) is 6.92 Å². The first-order chi connectivity index (χ1) is 8.04. The van der Waals surface area contributed by atoms with Gasteiger partial charge >= 0.3 is 0 Å². The molecule has 0 aliphatic carbocycles. The number of rotatable bonds is 6. The third-order valence-corrected chi connectivity index (χ3v) is 2.53. The van der Waals surface area contributed by atoms with Crippen LogP contribution in [0.1, 0.15) is 25.3 Å². The van der Waals surface area contributed by atoms with Gasteiger partial charge < -0.3 is 10.4 Å². The number of nitro groups is 1. The Kier molecular flexibility index (Phi) is 4.84. The van der Waals surface area contributed by atoms with Crippen LogP contribution in [0.25, 0.3) is 0 Å². The summed E-state index contributed by atoms with van der Waals surface area (Å²) < 4.78 is 0. The molecular weight excluding hydrogens is 222 g/mol. The number of nitrogens with zero attached hydrogens (tertiary/aromatic N) is 2. The molecule has 2 N–H and O–H groups in total. The van der Waals surface area contributed by atoms with Crippen LogP contribution in [0.5, 0.6) is 0 Å². The molecule has 0 saturated carbocycles. The normalized spacial score (nSPS) is 12.2. The van der Waals surface area contributed by atoms with E-state index in [0.717, 1.165) is 0 Å². The highest BCUT2D eigenvalue weighted by Crippen LogP contribution is 2.18. The number of aromatic nitrogens is 1. The SMILES string of the molecule is CCC(O)CCNc1cc(C)c([N+](=O)[O-])cn1. The first kappa shape index (κ1) is 13.4. The molecule has 0 amide bonds.